The van der Waals surface area contributed by atoms with Gasteiger partial charge in [0.1, 0.15) is 5.75 Å². The standard InChI is InChI=1S/C19H18N2O3/c1-12-5-3-7-16(13(12)2)21-18(22)11-24-17-8-4-6-15-14(17)9-10-20-19(15)23/h3-10H,11H2,1-2H3,(H,20,23)(H,21,22). The molecule has 0 saturated heterocycles. The van der Waals surface area contributed by atoms with Crippen LogP contribution in [0.5, 0.6) is 5.75 Å². The van der Waals surface area contributed by atoms with Crippen LogP contribution in [0.15, 0.2) is 53.5 Å². The van der Waals surface area contributed by atoms with E-state index >= 15 is 0 Å². The smallest absolute Gasteiger partial charge is 0.262 e. The van der Waals surface area contributed by atoms with Crippen LogP contribution >= 0.6 is 0 Å². The van der Waals surface area contributed by atoms with E-state index in [1.165, 1.54) is 0 Å². The lowest BCUT2D eigenvalue weighted by molar-refractivity contribution is -0.118. The summed E-state index contributed by atoms with van der Waals surface area (Å²) in [6.07, 6.45) is 1.56. The van der Waals surface area contributed by atoms with Gasteiger partial charge < -0.3 is 15.0 Å². The summed E-state index contributed by atoms with van der Waals surface area (Å²) in [5.41, 5.74) is 2.74. The minimum Gasteiger partial charge on any atom is -0.483 e. The van der Waals surface area contributed by atoms with Crippen molar-refractivity contribution in [1.29, 1.82) is 0 Å². The summed E-state index contributed by atoms with van der Waals surface area (Å²) in [7, 11) is 0. The zero-order valence-electron chi connectivity index (χ0n) is 13.6. The van der Waals surface area contributed by atoms with Gasteiger partial charge in [0, 0.05) is 17.3 Å². The molecule has 2 aromatic carbocycles. The second-order valence-electron chi connectivity index (χ2n) is 5.61. The Morgan fingerprint density at radius 3 is 2.71 bits per heavy atom. The first kappa shape index (κ1) is 15.8. The molecule has 0 atom stereocenters. The molecule has 0 aliphatic rings. The third kappa shape index (κ3) is 3.15. The van der Waals surface area contributed by atoms with E-state index in [4.69, 9.17) is 4.74 Å². The van der Waals surface area contributed by atoms with Crippen molar-refractivity contribution < 1.29 is 9.53 Å². The van der Waals surface area contributed by atoms with Gasteiger partial charge in [-0.05, 0) is 49.2 Å². The lowest BCUT2D eigenvalue weighted by atomic mass is 10.1. The van der Waals surface area contributed by atoms with Crippen molar-refractivity contribution >= 4 is 22.4 Å². The lowest BCUT2D eigenvalue weighted by Crippen LogP contribution is -2.21. The summed E-state index contributed by atoms with van der Waals surface area (Å²) in [5.74, 6) is 0.264. The average molecular weight is 322 g/mol. The van der Waals surface area contributed by atoms with Crippen LogP contribution in [0.1, 0.15) is 11.1 Å². The predicted octanol–water partition coefficient (Wildman–Crippen LogP) is 3.16. The van der Waals surface area contributed by atoms with Crippen molar-refractivity contribution in [2.45, 2.75) is 13.8 Å². The Balaban J connectivity index is 1.74. The van der Waals surface area contributed by atoms with Gasteiger partial charge in [-0.15, -0.1) is 0 Å². The number of amides is 1. The van der Waals surface area contributed by atoms with Gasteiger partial charge in [-0.25, -0.2) is 0 Å². The van der Waals surface area contributed by atoms with E-state index in [1.54, 1.807) is 30.5 Å². The van der Waals surface area contributed by atoms with Crippen LogP contribution in [0, 0.1) is 13.8 Å². The number of benzene rings is 2. The number of nitrogens with one attached hydrogen (secondary N) is 2. The molecule has 0 aliphatic heterocycles. The summed E-state index contributed by atoms with van der Waals surface area (Å²) >= 11 is 0. The van der Waals surface area contributed by atoms with Crippen LogP contribution in [-0.2, 0) is 4.79 Å². The maximum Gasteiger partial charge on any atom is 0.262 e. The first-order valence-electron chi connectivity index (χ1n) is 7.65. The zero-order chi connectivity index (χ0) is 17.1. The highest BCUT2D eigenvalue weighted by Crippen LogP contribution is 2.23. The first-order valence-corrected chi connectivity index (χ1v) is 7.65. The molecular formula is C19H18N2O3. The summed E-state index contributed by atoms with van der Waals surface area (Å²) < 4.78 is 5.61. The zero-order valence-corrected chi connectivity index (χ0v) is 13.6. The molecule has 5 heteroatoms. The van der Waals surface area contributed by atoms with E-state index in [0.717, 1.165) is 16.8 Å². The van der Waals surface area contributed by atoms with E-state index in [-0.39, 0.29) is 18.1 Å². The first-order chi connectivity index (χ1) is 11.6. The number of fused-ring (bicyclic) bond motifs is 1. The summed E-state index contributed by atoms with van der Waals surface area (Å²) in [4.78, 5) is 26.6. The van der Waals surface area contributed by atoms with Gasteiger partial charge in [0.15, 0.2) is 6.61 Å². The molecule has 0 radical (unpaired) electrons. The molecule has 24 heavy (non-hydrogen) atoms. The van der Waals surface area contributed by atoms with Gasteiger partial charge in [0.05, 0.1) is 5.39 Å². The highest BCUT2D eigenvalue weighted by Gasteiger charge is 2.09. The topological polar surface area (TPSA) is 71.2 Å². The third-order valence-electron chi connectivity index (χ3n) is 4.01. The van der Waals surface area contributed by atoms with Gasteiger partial charge in [0.2, 0.25) is 0 Å². The van der Waals surface area contributed by atoms with Gasteiger partial charge in [-0.1, -0.05) is 18.2 Å². The molecule has 0 saturated carbocycles. The molecule has 122 valence electrons. The Bertz CT molecular complexity index is 960. The van der Waals surface area contributed by atoms with Gasteiger partial charge in [-0.3, -0.25) is 9.59 Å². The number of hydrogen-bond acceptors (Lipinski definition) is 3. The van der Waals surface area contributed by atoms with Crippen molar-refractivity contribution in [1.82, 2.24) is 4.98 Å². The highest BCUT2D eigenvalue weighted by atomic mass is 16.5. The molecule has 5 nitrogen and oxygen atoms in total. The summed E-state index contributed by atoms with van der Waals surface area (Å²) in [5, 5.41) is 4.06. The highest BCUT2D eigenvalue weighted by molar-refractivity contribution is 5.93. The Morgan fingerprint density at radius 2 is 1.88 bits per heavy atom. The fourth-order valence-electron chi connectivity index (χ4n) is 2.53. The number of aromatic nitrogens is 1. The number of carbonyl (C=O) groups is 1. The second-order valence-corrected chi connectivity index (χ2v) is 5.61. The van der Waals surface area contributed by atoms with Crippen molar-refractivity contribution in [2.75, 3.05) is 11.9 Å². The van der Waals surface area contributed by atoms with Crippen molar-refractivity contribution in [3.8, 4) is 5.75 Å². The molecule has 1 amide bonds. The number of hydrogen-bond donors (Lipinski definition) is 2. The molecule has 3 rings (SSSR count). The maximum absolute atomic E-state index is 12.1. The molecule has 0 aliphatic carbocycles. The maximum atomic E-state index is 12.1. The summed E-state index contributed by atoms with van der Waals surface area (Å²) in [6.45, 7) is 3.83. The van der Waals surface area contributed by atoms with E-state index in [0.29, 0.717) is 16.5 Å². The number of anilines is 1. The largest absolute Gasteiger partial charge is 0.483 e. The van der Waals surface area contributed by atoms with Gasteiger partial charge in [-0.2, -0.15) is 0 Å². The molecule has 3 aromatic rings. The Kier molecular flexibility index (Phi) is 4.33. The van der Waals surface area contributed by atoms with Crippen LogP contribution in [0.25, 0.3) is 10.8 Å². The molecule has 0 unspecified atom stereocenters. The Morgan fingerprint density at radius 1 is 1.08 bits per heavy atom. The van der Waals surface area contributed by atoms with E-state index in [1.807, 2.05) is 32.0 Å². The minimum absolute atomic E-state index is 0.126. The van der Waals surface area contributed by atoms with Crippen LogP contribution < -0.4 is 15.6 Å². The second kappa shape index (κ2) is 6.58. The predicted molar refractivity (Wildman–Crippen MR) is 94.6 cm³/mol. The van der Waals surface area contributed by atoms with Crippen molar-refractivity contribution in [3.05, 3.63) is 70.1 Å². The number of aromatic amines is 1. The molecule has 2 N–H and O–H groups in total. The number of pyridine rings is 1. The van der Waals surface area contributed by atoms with E-state index < -0.39 is 0 Å². The van der Waals surface area contributed by atoms with Crippen molar-refractivity contribution in [2.24, 2.45) is 0 Å². The number of rotatable bonds is 4. The minimum atomic E-state index is -0.245. The molecule has 1 aromatic heterocycles. The number of H-pyrrole nitrogens is 1. The van der Waals surface area contributed by atoms with Crippen LogP contribution in [0.3, 0.4) is 0 Å². The number of carbonyl (C=O) groups excluding carboxylic acids is 1. The molecular weight excluding hydrogens is 304 g/mol. The number of aryl methyl sites for hydroxylation is 1. The van der Waals surface area contributed by atoms with E-state index in [2.05, 4.69) is 10.3 Å². The average Bonchev–Trinajstić information content (AvgIpc) is 2.58. The van der Waals surface area contributed by atoms with Crippen molar-refractivity contribution in [3.63, 3.8) is 0 Å². The molecule has 0 fully saturated rings. The fourth-order valence-corrected chi connectivity index (χ4v) is 2.53. The quantitative estimate of drug-likeness (QED) is 0.775. The monoisotopic (exact) mass is 322 g/mol. The Hall–Kier alpha value is -3.08. The van der Waals surface area contributed by atoms with Gasteiger partial charge in [0.25, 0.3) is 11.5 Å². The third-order valence-corrected chi connectivity index (χ3v) is 4.01. The van der Waals surface area contributed by atoms with Crippen LogP contribution in [0.2, 0.25) is 0 Å². The molecule has 1 heterocycles. The van der Waals surface area contributed by atoms with Crippen LogP contribution in [0.4, 0.5) is 5.69 Å². The fraction of sp³-hybridized carbons (Fsp3) is 0.158. The summed E-state index contributed by atoms with van der Waals surface area (Å²) in [6, 6.07) is 12.7. The normalized spacial score (nSPS) is 10.6. The Labute approximate surface area is 139 Å². The van der Waals surface area contributed by atoms with Crippen LogP contribution in [-0.4, -0.2) is 17.5 Å². The molecule has 0 spiro atoms. The lowest BCUT2D eigenvalue weighted by Gasteiger charge is -2.12. The van der Waals surface area contributed by atoms with Gasteiger partial charge >= 0.3 is 0 Å². The SMILES string of the molecule is Cc1cccc(NC(=O)COc2cccc3c(=O)[nH]ccc23)c1C. The molecule has 0 bridgehead atoms. The number of ether oxygens (including phenoxy) is 1. The van der Waals surface area contributed by atoms with E-state index in [9.17, 15) is 9.59 Å².